The quantitative estimate of drug-likeness (QED) is 0.432. The number of hydrogen-bond acceptors (Lipinski definition) is 5. The number of benzene rings is 2. The normalized spacial score (nSPS) is 14.9. The summed E-state index contributed by atoms with van der Waals surface area (Å²) in [6, 6.07) is 15.2. The minimum Gasteiger partial charge on any atom is -0.336 e. The summed E-state index contributed by atoms with van der Waals surface area (Å²) in [6.45, 7) is 0.373. The Balaban J connectivity index is 1.40. The molecule has 178 valence electrons. The summed E-state index contributed by atoms with van der Waals surface area (Å²) in [4.78, 5) is 23.6. The maximum atomic E-state index is 13.6. The zero-order valence-corrected chi connectivity index (χ0v) is 19.3. The van der Waals surface area contributed by atoms with Gasteiger partial charge < -0.3 is 4.90 Å². The molecule has 1 aliphatic heterocycles. The minimum absolute atomic E-state index is 0.0333. The lowest BCUT2D eigenvalue weighted by atomic mass is 10.0. The molecule has 35 heavy (non-hydrogen) atoms. The second kappa shape index (κ2) is 9.12. The van der Waals surface area contributed by atoms with Gasteiger partial charge in [-0.1, -0.05) is 18.2 Å². The Morgan fingerprint density at radius 3 is 2.37 bits per heavy atom. The fourth-order valence-corrected chi connectivity index (χ4v) is 5.54. The van der Waals surface area contributed by atoms with Gasteiger partial charge in [0.05, 0.1) is 21.7 Å². The smallest absolute Gasteiger partial charge is 0.254 e. The van der Waals surface area contributed by atoms with E-state index in [1.165, 1.54) is 4.31 Å². The first-order valence-electron chi connectivity index (χ1n) is 10.9. The van der Waals surface area contributed by atoms with Crippen molar-refractivity contribution in [1.82, 2.24) is 19.2 Å². The van der Waals surface area contributed by atoms with Gasteiger partial charge in [-0.3, -0.25) is 9.78 Å². The molecule has 1 aliphatic rings. The number of amides is 1. The molecular weight excluding hydrogens is 474 g/mol. The standard InChI is InChI=1S/C25H20F2N4O3S/c26-21-8-7-18(14-22(21)27)35(33,34)31-12-10-30(11-13-31)25(32)20-15-24(17-4-3-9-28-16-17)29-23-6-2-1-5-19(20)23/h1-9,14-16H,10-13H2. The van der Waals surface area contributed by atoms with Crippen molar-refractivity contribution in [3.63, 3.8) is 0 Å². The summed E-state index contributed by atoms with van der Waals surface area (Å²) >= 11 is 0. The van der Waals surface area contributed by atoms with Crippen LogP contribution in [0.25, 0.3) is 22.2 Å². The highest BCUT2D eigenvalue weighted by atomic mass is 32.2. The highest BCUT2D eigenvalue weighted by Gasteiger charge is 2.31. The number of nitrogens with zero attached hydrogens (tertiary/aromatic N) is 4. The Labute approximate surface area is 200 Å². The average Bonchev–Trinajstić information content (AvgIpc) is 2.89. The zero-order chi connectivity index (χ0) is 24.6. The number of fused-ring (bicyclic) bond motifs is 1. The highest BCUT2D eigenvalue weighted by Crippen LogP contribution is 2.26. The number of aromatic nitrogens is 2. The monoisotopic (exact) mass is 494 g/mol. The lowest BCUT2D eigenvalue weighted by molar-refractivity contribution is 0.0700. The summed E-state index contributed by atoms with van der Waals surface area (Å²) in [5.74, 6) is -2.58. The van der Waals surface area contributed by atoms with Gasteiger partial charge in [-0.25, -0.2) is 22.2 Å². The second-order valence-corrected chi connectivity index (χ2v) is 10.0. The van der Waals surface area contributed by atoms with Crippen molar-refractivity contribution >= 4 is 26.8 Å². The van der Waals surface area contributed by atoms with Gasteiger partial charge in [0.25, 0.3) is 5.91 Å². The lowest BCUT2D eigenvalue weighted by Crippen LogP contribution is -2.50. The number of carbonyl (C=O) groups is 1. The van der Waals surface area contributed by atoms with Crippen molar-refractivity contribution < 1.29 is 22.0 Å². The van der Waals surface area contributed by atoms with E-state index in [0.717, 1.165) is 17.7 Å². The van der Waals surface area contributed by atoms with Crippen LogP contribution < -0.4 is 0 Å². The van der Waals surface area contributed by atoms with Gasteiger partial charge >= 0.3 is 0 Å². The van der Waals surface area contributed by atoms with Crippen molar-refractivity contribution in [2.75, 3.05) is 26.2 Å². The topological polar surface area (TPSA) is 83.5 Å². The van der Waals surface area contributed by atoms with Crippen LogP contribution in [-0.2, 0) is 10.0 Å². The molecule has 0 unspecified atom stereocenters. The maximum absolute atomic E-state index is 13.6. The van der Waals surface area contributed by atoms with E-state index >= 15 is 0 Å². The predicted molar refractivity (Wildman–Crippen MR) is 126 cm³/mol. The molecule has 1 fully saturated rings. The van der Waals surface area contributed by atoms with E-state index in [2.05, 4.69) is 9.97 Å². The number of sulfonamides is 1. The number of halogens is 2. The van der Waals surface area contributed by atoms with Crippen LogP contribution in [0.15, 0.2) is 78.0 Å². The van der Waals surface area contributed by atoms with Gasteiger partial charge in [0.2, 0.25) is 10.0 Å². The van der Waals surface area contributed by atoms with E-state index < -0.39 is 21.7 Å². The minimum atomic E-state index is -4.02. The Kier molecular flexibility index (Phi) is 6.00. The van der Waals surface area contributed by atoms with Gasteiger partial charge in [-0.05, 0) is 42.5 Å². The first-order chi connectivity index (χ1) is 16.8. The summed E-state index contributed by atoms with van der Waals surface area (Å²) in [6.07, 6.45) is 3.33. The number of rotatable bonds is 4. The van der Waals surface area contributed by atoms with Crippen LogP contribution >= 0.6 is 0 Å². The first-order valence-corrected chi connectivity index (χ1v) is 12.3. The van der Waals surface area contributed by atoms with Crippen molar-refractivity contribution in [1.29, 1.82) is 0 Å². The molecule has 2 aromatic carbocycles. The van der Waals surface area contributed by atoms with Crippen molar-refractivity contribution in [2.45, 2.75) is 4.90 Å². The molecule has 0 spiro atoms. The van der Waals surface area contributed by atoms with E-state index in [1.807, 2.05) is 30.3 Å². The van der Waals surface area contributed by atoms with Crippen LogP contribution in [0, 0.1) is 11.6 Å². The van der Waals surface area contributed by atoms with E-state index in [1.54, 1.807) is 29.4 Å². The zero-order valence-electron chi connectivity index (χ0n) is 18.4. The third-order valence-corrected chi connectivity index (χ3v) is 7.85. The van der Waals surface area contributed by atoms with Gasteiger partial charge in [0.1, 0.15) is 0 Å². The molecule has 0 atom stereocenters. The molecule has 4 aromatic rings. The van der Waals surface area contributed by atoms with E-state index in [9.17, 15) is 22.0 Å². The maximum Gasteiger partial charge on any atom is 0.254 e. The molecule has 5 rings (SSSR count). The molecule has 0 saturated carbocycles. The average molecular weight is 495 g/mol. The van der Waals surface area contributed by atoms with Crippen LogP contribution in [-0.4, -0.2) is 59.7 Å². The van der Waals surface area contributed by atoms with E-state index in [-0.39, 0.29) is 37.0 Å². The van der Waals surface area contributed by atoms with E-state index in [4.69, 9.17) is 0 Å². The van der Waals surface area contributed by atoms with Crippen molar-refractivity contribution in [3.05, 3.63) is 90.3 Å². The molecule has 0 aliphatic carbocycles. The van der Waals surface area contributed by atoms with Crippen molar-refractivity contribution in [2.24, 2.45) is 0 Å². The third kappa shape index (κ3) is 4.38. The molecule has 0 N–H and O–H groups in total. The number of piperazine rings is 1. The van der Waals surface area contributed by atoms with Gasteiger partial charge in [-0.15, -0.1) is 0 Å². The van der Waals surface area contributed by atoms with Gasteiger partial charge in [0, 0.05) is 49.5 Å². The first kappa shape index (κ1) is 23.0. The molecule has 0 bridgehead atoms. The largest absolute Gasteiger partial charge is 0.336 e. The molecule has 2 aromatic heterocycles. The molecule has 10 heteroatoms. The van der Waals surface area contributed by atoms with Crippen molar-refractivity contribution in [3.8, 4) is 11.3 Å². The van der Waals surface area contributed by atoms with Gasteiger partial charge in [-0.2, -0.15) is 4.31 Å². The number of para-hydroxylation sites is 1. The summed E-state index contributed by atoms with van der Waals surface area (Å²) in [5, 5.41) is 0.696. The SMILES string of the molecule is O=C(c1cc(-c2cccnc2)nc2ccccc12)N1CCN(S(=O)(=O)c2ccc(F)c(F)c2)CC1. The molecular formula is C25H20F2N4O3S. The summed E-state index contributed by atoms with van der Waals surface area (Å²) in [7, 11) is -4.02. The molecule has 7 nitrogen and oxygen atoms in total. The fraction of sp³-hybridized carbons (Fsp3) is 0.160. The molecule has 3 heterocycles. The summed E-state index contributed by atoms with van der Waals surface area (Å²) in [5.41, 5.74) is 2.51. The van der Waals surface area contributed by atoms with E-state index in [0.29, 0.717) is 28.2 Å². The van der Waals surface area contributed by atoms with Crippen LogP contribution in [0.4, 0.5) is 8.78 Å². The van der Waals surface area contributed by atoms with Crippen LogP contribution in [0.1, 0.15) is 10.4 Å². The number of hydrogen-bond donors (Lipinski definition) is 0. The summed E-state index contributed by atoms with van der Waals surface area (Å²) < 4.78 is 53.8. The Hall–Kier alpha value is -3.76. The van der Waals surface area contributed by atoms with Gasteiger partial charge in [0.15, 0.2) is 11.6 Å². The molecule has 1 amide bonds. The van der Waals surface area contributed by atoms with Crippen LogP contribution in [0.5, 0.6) is 0 Å². The fourth-order valence-electron chi connectivity index (χ4n) is 4.10. The lowest BCUT2D eigenvalue weighted by Gasteiger charge is -2.34. The van der Waals surface area contributed by atoms with Crippen LogP contribution in [0.3, 0.4) is 0 Å². The molecule has 0 radical (unpaired) electrons. The second-order valence-electron chi connectivity index (χ2n) is 8.09. The third-order valence-electron chi connectivity index (χ3n) is 5.96. The number of carbonyl (C=O) groups excluding carboxylic acids is 1. The van der Waals surface area contributed by atoms with Crippen LogP contribution in [0.2, 0.25) is 0 Å². The predicted octanol–water partition coefficient (Wildman–Crippen LogP) is 3.72. The Morgan fingerprint density at radius 1 is 0.886 bits per heavy atom. The Bertz CT molecular complexity index is 1520. The molecule has 1 saturated heterocycles. The highest BCUT2D eigenvalue weighted by molar-refractivity contribution is 7.89. The number of pyridine rings is 2. The Morgan fingerprint density at radius 2 is 1.66 bits per heavy atom.